The van der Waals surface area contributed by atoms with Crippen molar-refractivity contribution in [1.82, 2.24) is 4.90 Å². The Morgan fingerprint density at radius 3 is 2.61 bits per heavy atom. The Labute approximate surface area is 119 Å². The number of aliphatic carboxylic acids is 1. The average Bonchev–Trinajstić information content (AvgIpc) is 2.73. The molecule has 1 amide bonds. The van der Waals surface area contributed by atoms with Gasteiger partial charge in [0.1, 0.15) is 6.54 Å². The van der Waals surface area contributed by atoms with Crippen LogP contribution in [0, 0.1) is 0 Å². The van der Waals surface area contributed by atoms with Crippen LogP contribution in [0.15, 0.2) is 15.9 Å². The summed E-state index contributed by atoms with van der Waals surface area (Å²) in [4.78, 5) is 25.3. The number of carbonyl (C=O) groups is 2. The largest absolute Gasteiger partial charge is 0.480 e. The molecule has 1 atom stereocenters. The first kappa shape index (κ1) is 15.2. The summed E-state index contributed by atoms with van der Waals surface area (Å²) in [6.07, 6.45) is 0.750. The molecule has 4 nitrogen and oxygen atoms in total. The van der Waals surface area contributed by atoms with E-state index in [1.54, 1.807) is 0 Å². The van der Waals surface area contributed by atoms with Crippen molar-refractivity contribution < 1.29 is 14.7 Å². The Bertz CT molecular complexity index is 433. The molecule has 1 aromatic rings. The van der Waals surface area contributed by atoms with E-state index < -0.39 is 5.97 Å². The van der Waals surface area contributed by atoms with Crippen LogP contribution in [-0.2, 0) is 9.59 Å². The van der Waals surface area contributed by atoms with Crippen LogP contribution in [0.4, 0.5) is 0 Å². The molecule has 0 radical (unpaired) electrons. The van der Waals surface area contributed by atoms with Gasteiger partial charge in [0.25, 0.3) is 0 Å². The lowest BCUT2D eigenvalue weighted by molar-refractivity contribution is -0.144. The van der Waals surface area contributed by atoms with Crippen molar-refractivity contribution >= 4 is 39.1 Å². The fraction of sp³-hybridized carbons (Fsp3) is 0.500. The molecule has 0 spiro atoms. The minimum Gasteiger partial charge on any atom is -0.480 e. The smallest absolute Gasteiger partial charge is 0.323 e. The molecule has 100 valence electrons. The molecule has 0 bridgehead atoms. The third-order valence-corrected chi connectivity index (χ3v) is 4.33. The summed E-state index contributed by atoms with van der Waals surface area (Å²) >= 11 is 4.86. The van der Waals surface area contributed by atoms with Crippen LogP contribution in [0.25, 0.3) is 0 Å². The van der Waals surface area contributed by atoms with Crippen molar-refractivity contribution in [2.45, 2.75) is 26.2 Å². The van der Waals surface area contributed by atoms with Gasteiger partial charge in [-0.3, -0.25) is 9.59 Å². The summed E-state index contributed by atoms with van der Waals surface area (Å²) in [6, 6.07) is 3.79. The Hall–Kier alpha value is -0.880. The van der Waals surface area contributed by atoms with Gasteiger partial charge in [0.05, 0.1) is 9.70 Å². The van der Waals surface area contributed by atoms with Crippen molar-refractivity contribution in [2.24, 2.45) is 0 Å². The summed E-state index contributed by atoms with van der Waals surface area (Å²) in [5.74, 6) is -1.41. The molecule has 1 N–H and O–H groups in total. The summed E-state index contributed by atoms with van der Waals surface area (Å²) in [7, 11) is 0. The van der Waals surface area contributed by atoms with Gasteiger partial charge in [0.15, 0.2) is 0 Å². The molecule has 6 heteroatoms. The molecule has 1 rings (SSSR count). The third kappa shape index (κ3) is 4.10. The van der Waals surface area contributed by atoms with Crippen molar-refractivity contribution in [2.75, 3.05) is 13.1 Å². The molecule has 1 aromatic heterocycles. The fourth-order valence-electron chi connectivity index (χ4n) is 1.66. The number of carboxylic acid groups (broad SMARTS) is 1. The van der Waals surface area contributed by atoms with Crippen molar-refractivity contribution in [1.29, 1.82) is 0 Å². The maximum absolute atomic E-state index is 12.2. The summed E-state index contributed by atoms with van der Waals surface area (Å²) in [6.45, 7) is 3.98. The van der Waals surface area contributed by atoms with Gasteiger partial charge in [0, 0.05) is 11.4 Å². The van der Waals surface area contributed by atoms with Crippen LogP contribution in [0.1, 0.15) is 31.1 Å². The topological polar surface area (TPSA) is 57.6 Å². The predicted octanol–water partition coefficient (Wildman–Crippen LogP) is 2.94. The van der Waals surface area contributed by atoms with Gasteiger partial charge in [-0.15, -0.1) is 11.3 Å². The first-order chi connectivity index (χ1) is 8.45. The number of hydrogen-bond acceptors (Lipinski definition) is 3. The first-order valence-corrected chi connectivity index (χ1v) is 7.32. The van der Waals surface area contributed by atoms with Crippen LogP contribution in [-0.4, -0.2) is 35.0 Å². The molecule has 0 aliphatic carbocycles. The highest BCUT2D eigenvalue weighted by atomic mass is 79.9. The standard InChI is InChI=1S/C12H16BrNO3S/c1-3-6-14(7-11(15)16)12(17)8(2)9-4-5-10(13)18-9/h4-5,8H,3,6-7H2,1-2H3,(H,15,16). The zero-order valence-corrected chi connectivity index (χ0v) is 12.8. The van der Waals surface area contributed by atoms with E-state index in [2.05, 4.69) is 15.9 Å². The van der Waals surface area contributed by atoms with Crippen LogP contribution in [0.3, 0.4) is 0 Å². The highest BCUT2D eigenvalue weighted by Crippen LogP contribution is 2.29. The Balaban J connectivity index is 2.78. The van der Waals surface area contributed by atoms with Crippen molar-refractivity contribution in [3.05, 3.63) is 20.8 Å². The fourth-order valence-corrected chi connectivity index (χ4v) is 3.12. The Morgan fingerprint density at radius 2 is 2.17 bits per heavy atom. The molecular weight excluding hydrogens is 318 g/mol. The second-order valence-corrected chi connectivity index (χ2v) is 6.51. The highest BCUT2D eigenvalue weighted by molar-refractivity contribution is 9.11. The summed E-state index contributed by atoms with van der Waals surface area (Å²) < 4.78 is 0.970. The number of amides is 1. The van der Waals surface area contributed by atoms with E-state index in [-0.39, 0.29) is 18.4 Å². The summed E-state index contributed by atoms with van der Waals surface area (Å²) in [5.41, 5.74) is 0. The quantitative estimate of drug-likeness (QED) is 0.870. The molecule has 0 fully saturated rings. The molecule has 0 saturated carbocycles. The van der Waals surface area contributed by atoms with Crippen LogP contribution in [0.2, 0.25) is 0 Å². The second-order valence-electron chi connectivity index (χ2n) is 4.02. The molecule has 0 aliphatic heterocycles. The zero-order chi connectivity index (χ0) is 13.7. The van der Waals surface area contributed by atoms with E-state index in [9.17, 15) is 9.59 Å². The van der Waals surface area contributed by atoms with Gasteiger partial charge >= 0.3 is 5.97 Å². The lowest BCUT2D eigenvalue weighted by atomic mass is 10.1. The van der Waals surface area contributed by atoms with Gasteiger partial charge in [0.2, 0.25) is 5.91 Å². The van der Waals surface area contributed by atoms with E-state index >= 15 is 0 Å². The van der Waals surface area contributed by atoms with Gasteiger partial charge in [-0.25, -0.2) is 0 Å². The number of carboxylic acids is 1. The summed E-state index contributed by atoms with van der Waals surface area (Å²) in [5, 5.41) is 8.82. The Morgan fingerprint density at radius 1 is 1.50 bits per heavy atom. The lowest BCUT2D eigenvalue weighted by Gasteiger charge is -2.23. The minimum atomic E-state index is -0.976. The highest BCUT2D eigenvalue weighted by Gasteiger charge is 2.24. The van der Waals surface area contributed by atoms with Gasteiger partial charge in [-0.2, -0.15) is 0 Å². The normalized spacial score (nSPS) is 12.2. The maximum Gasteiger partial charge on any atom is 0.323 e. The van der Waals surface area contributed by atoms with Crippen LogP contribution >= 0.6 is 27.3 Å². The van der Waals surface area contributed by atoms with Gasteiger partial charge < -0.3 is 10.0 Å². The van der Waals surface area contributed by atoms with E-state index in [0.717, 1.165) is 15.1 Å². The van der Waals surface area contributed by atoms with E-state index in [1.807, 2.05) is 26.0 Å². The number of thiophene rings is 1. The van der Waals surface area contributed by atoms with E-state index in [1.165, 1.54) is 16.2 Å². The monoisotopic (exact) mass is 333 g/mol. The zero-order valence-electron chi connectivity index (χ0n) is 10.4. The van der Waals surface area contributed by atoms with E-state index in [0.29, 0.717) is 6.54 Å². The number of carbonyl (C=O) groups excluding carboxylic acids is 1. The molecule has 1 unspecified atom stereocenters. The van der Waals surface area contributed by atoms with Crippen LogP contribution in [0.5, 0.6) is 0 Å². The molecule has 0 aromatic carbocycles. The van der Waals surface area contributed by atoms with Gasteiger partial charge in [-0.1, -0.05) is 6.92 Å². The molecule has 1 heterocycles. The molecule has 18 heavy (non-hydrogen) atoms. The predicted molar refractivity (Wildman–Crippen MR) is 74.9 cm³/mol. The average molecular weight is 334 g/mol. The number of nitrogens with zero attached hydrogens (tertiary/aromatic N) is 1. The van der Waals surface area contributed by atoms with Gasteiger partial charge in [-0.05, 0) is 41.4 Å². The van der Waals surface area contributed by atoms with Crippen molar-refractivity contribution in [3.63, 3.8) is 0 Å². The Kier molecular flexibility index (Phi) is 5.81. The maximum atomic E-state index is 12.2. The van der Waals surface area contributed by atoms with Crippen LogP contribution < -0.4 is 0 Å². The third-order valence-electron chi connectivity index (χ3n) is 2.52. The lowest BCUT2D eigenvalue weighted by Crippen LogP contribution is -2.38. The first-order valence-electron chi connectivity index (χ1n) is 5.71. The SMILES string of the molecule is CCCN(CC(=O)O)C(=O)C(C)c1ccc(Br)s1. The number of halogens is 1. The second kappa shape index (κ2) is 6.89. The number of rotatable bonds is 6. The number of hydrogen-bond donors (Lipinski definition) is 1. The molecule has 0 saturated heterocycles. The van der Waals surface area contributed by atoms with E-state index in [4.69, 9.17) is 5.11 Å². The molecule has 0 aliphatic rings. The van der Waals surface area contributed by atoms with Crippen molar-refractivity contribution in [3.8, 4) is 0 Å². The minimum absolute atomic E-state index is 0.131. The molecular formula is C12H16BrNO3S.